The number of aromatic nitrogens is 2. The third-order valence-electron chi connectivity index (χ3n) is 4.77. The van der Waals surface area contributed by atoms with Crippen molar-refractivity contribution in [3.8, 4) is 0 Å². The van der Waals surface area contributed by atoms with Gasteiger partial charge in [0.15, 0.2) is 12.4 Å². The van der Waals surface area contributed by atoms with Crippen LogP contribution in [0.4, 0.5) is 11.5 Å². The summed E-state index contributed by atoms with van der Waals surface area (Å²) in [4.78, 5) is 8.78. The molecule has 5 N–H and O–H groups in total. The van der Waals surface area contributed by atoms with E-state index in [1.54, 1.807) is 10.9 Å². The van der Waals surface area contributed by atoms with Crippen LogP contribution in [-0.4, -0.2) is 55.6 Å². The van der Waals surface area contributed by atoms with E-state index in [0.29, 0.717) is 11.5 Å². The van der Waals surface area contributed by atoms with E-state index in [1.807, 2.05) is 30.3 Å². The molecule has 9 nitrogen and oxygen atoms in total. The Labute approximate surface area is 150 Å². The van der Waals surface area contributed by atoms with Crippen LogP contribution in [0.5, 0.6) is 0 Å². The van der Waals surface area contributed by atoms with E-state index in [-0.39, 0.29) is 0 Å². The molecule has 1 aromatic carbocycles. The number of para-hydroxylation sites is 1. The fourth-order valence-electron chi connectivity index (χ4n) is 3.33. The van der Waals surface area contributed by atoms with E-state index in [1.165, 1.54) is 13.3 Å². The molecule has 26 heavy (non-hydrogen) atoms. The summed E-state index contributed by atoms with van der Waals surface area (Å²) in [7, 11) is 0. The molecule has 4 rings (SSSR count). The number of hydrogen-bond acceptors (Lipinski definition) is 8. The fourth-order valence-corrected chi connectivity index (χ4v) is 3.33. The number of imidazole rings is 1. The molecule has 0 spiro atoms. The van der Waals surface area contributed by atoms with Gasteiger partial charge in [-0.2, -0.15) is 0 Å². The van der Waals surface area contributed by atoms with E-state index in [0.717, 1.165) is 5.69 Å². The monoisotopic (exact) mass is 359 g/mol. The second kappa shape index (κ2) is 6.36. The number of aliphatic hydroxyl groups excluding tert-OH is 2. The van der Waals surface area contributed by atoms with Gasteiger partial charge in [0, 0.05) is 5.69 Å². The zero-order valence-electron chi connectivity index (χ0n) is 14.1. The van der Waals surface area contributed by atoms with Gasteiger partial charge in [-0.15, -0.1) is 0 Å². The van der Waals surface area contributed by atoms with Gasteiger partial charge in [0.1, 0.15) is 29.3 Å². The van der Waals surface area contributed by atoms with Crippen LogP contribution in [0.15, 0.2) is 41.7 Å². The first kappa shape index (κ1) is 17.0. The molecule has 9 heteroatoms. The molecule has 1 saturated heterocycles. The number of aliphatic imine (C=N–C) groups is 1. The van der Waals surface area contributed by atoms with Crippen molar-refractivity contribution >= 4 is 17.8 Å². The van der Waals surface area contributed by atoms with Crippen molar-refractivity contribution in [2.24, 2.45) is 4.99 Å². The smallest absolute Gasteiger partial charge is 0.168 e. The van der Waals surface area contributed by atoms with E-state index >= 15 is 0 Å². The van der Waals surface area contributed by atoms with Crippen LogP contribution in [0.1, 0.15) is 25.0 Å². The number of hydrogen-bond donors (Lipinski definition) is 5. The zero-order valence-corrected chi connectivity index (χ0v) is 14.1. The minimum absolute atomic E-state index is 0.391. The van der Waals surface area contributed by atoms with E-state index in [4.69, 9.17) is 4.74 Å². The topological polar surface area (TPSA) is 124 Å². The van der Waals surface area contributed by atoms with Gasteiger partial charge in [-0.25, -0.2) is 9.98 Å². The maximum absolute atomic E-state index is 10.7. The van der Waals surface area contributed by atoms with Crippen LogP contribution in [0.25, 0.3) is 0 Å². The summed E-state index contributed by atoms with van der Waals surface area (Å²) in [6, 6.07) is 9.64. The van der Waals surface area contributed by atoms with Crippen molar-refractivity contribution < 1.29 is 20.1 Å². The molecule has 2 aliphatic heterocycles. The Kier molecular flexibility index (Phi) is 4.16. The average Bonchev–Trinajstić information content (AvgIpc) is 3.16. The van der Waals surface area contributed by atoms with Gasteiger partial charge in [-0.3, -0.25) is 4.57 Å². The van der Waals surface area contributed by atoms with Gasteiger partial charge in [0.25, 0.3) is 0 Å². The van der Waals surface area contributed by atoms with Crippen molar-refractivity contribution in [3.63, 3.8) is 0 Å². The molecule has 0 aliphatic carbocycles. The summed E-state index contributed by atoms with van der Waals surface area (Å²) in [6.07, 6.45) is -0.320. The molecule has 0 saturated carbocycles. The van der Waals surface area contributed by atoms with Crippen molar-refractivity contribution in [2.45, 2.75) is 37.1 Å². The summed E-state index contributed by atoms with van der Waals surface area (Å²) in [5.41, 5.74) is -0.0462. The normalized spacial score (nSPS) is 32.9. The molecule has 0 radical (unpaired) electrons. The Morgan fingerprint density at radius 2 is 2.12 bits per heavy atom. The van der Waals surface area contributed by atoms with Crippen LogP contribution >= 0.6 is 0 Å². The Balaban J connectivity index is 1.64. The predicted octanol–water partition coefficient (Wildman–Crippen LogP) is 0.449. The molecule has 2 aliphatic rings. The van der Waals surface area contributed by atoms with E-state index in [2.05, 4.69) is 20.6 Å². The molecule has 1 fully saturated rings. The number of nitrogens with zero attached hydrogens (tertiary/aromatic N) is 3. The maximum Gasteiger partial charge on any atom is 0.168 e. The lowest BCUT2D eigenvalue weighted by atomic mass is 9.96. The largest absolute Gasteiger partial charge is 0.394 e. The van der Waals surface area contributed by atoms with E-state index < -0.39 is 36.8 Å². The van der Waals surface area contributed by atoms with Crippen molar-refractivity contribution in [1.29, 1.82) is 0 Å². The number of nitrogens with one attached hydrogen (secondary N) is 2. The van der Waals surface area contributed by atoms with Gasteiger partial charge in [-0.05, 0) is 19.1 Å². The Bertz CT molecular complexity index is 807. The number of aliphatic hydroxyl groups is 3. The first-order chi connectivity index (χ1) is 12.5. The highest BCUT2D eigenvalue weighted by Gasteiger charge is 2.53. The lowest BCUT2D eigenvalue weighted by Crippen LogP contribution is -2.44. The van der Waals surface area contributed by atoms with Gasteiger partial charge in [0.2, 0.25) is 0 Å². The Hall–Kier alpha value is -2.46. The van der Waals surface area contributed by atoms with Gasteiger partial charge in [-0.1, -0.05) is 18.2 Å². The van der Waals surface area contributed by atoms with Crippen LogP contribution in [0.2, 0.25) is 0 Å². The van der Waals surface area contributed by atoms with Crippen LogP contribution in [0.3, 0.4) is 0 Å². The summed E-state index contributed by atoms with van der Waals surface area (Å²) >= 11 is 0. The van der Waals surface area contributed by atoms with Crippen molar-refractivity contribution in [1.82, 2.24) is 9.55 Å². The molecule has 0 bridgehead atoms. The van der Waals surface area contributed by atoms with Crippen LogP contribution < -0.4 is 10.6 Å². The number of fused-ring (bicyclic) bond motifs is 1. The van der Waals surface area contributed by atoms with Gasteiger partial charge >= 0.3 is 0 Å². The molecule has 1 unspecified atom stereocenters. The van der Waals surface area contributed by atoms with E-state index in [9.17, 15) is 15.3 Å². The fraction of sp³-hybridized carbons (Fsp3) is 0.412. The Morgan fingerprint density at radius 1 is 1.35 bits per heavy atom. The quantitative estimate of drug-likeness (QED) is 0.537. The first-order valence-electron chi connectivity index (χ1n) is 8.35. The molecule has 138 valence electrons. The van der Waals surface area contributed by atoms with Crippen LogP contribution in [0, 0.1) is 0 Å². The average molecular weight is 359 g/mol. The second-order valence-corrected chi connectivity index (χ2v) is 6.60. The highest BCUT2D eigenvalue weighted by atomic mass is 16.6. The molecule has 1 aromatic heterocycles. The highest BCUT2D eigenvalue weighted by Crippen LogP contribution is 2.41. The predicted molar refractivity (Wildman–Crippen MR) is 94.8 cm³/mol. The minimum atomic E-state index is -1.58. The second-order valence-electron chi connectivity index (χ2n) is 6.60. The number of anilines is 2. The summed E-state index contributed by atoms with van der Waals surface area (Å²) in [5.74, 6) is 0.601. The van der Waals surface area contributed by atoms with Gasteiger partial charge in [0.05, 0.1) is 19.3 Å². The lowest BCUT2D eigenvalue weighted by Gasteiger charge is -2.29. The van der Waals surface area contributed by atoms with Crippen LogP contribution in [-0.2, 0) is 4.74 Å². The SMILES string of the molecule is C[C@@]1(O)[C@H](O)[C@@H](CO)O[C@H]1n1cnc2c1NC=NC2Nc1ccccc1. The summed E-state index contributed by atoms with van der Waals surface area (Å²) in [5, 5.41) is 36.6. The number of benzene rings is 1. The lowest BCUT2D eigenvalue weighted by molar-refractivity contribution is -0.0957. The molecule has 3 heterocycles. The number of rotatable bonds is 4. The minimum Gasteiger partial charge on any atom is -0.394 e. The molecule has 2 aromatic rings. The molecule has 0 amide bonds. The molecular weight excluding hydrogens is 338 g/mol. The van der Waals surface area contributed by atoms with Crippen molar-refractivity contribution in [2.75, 3.05) is 17.2 Å². The Morgan fingerprint density at radius 3 is 2.81 bits per heavy atom. The zero-order chi connectivity index (χ0) is 18.3. The summed E-state index contributed by atoms with van der Waals surface area (Å²) in [6.45, 7) is 1.08. The first-order valence-corrected chi connectivity index (χ1v) is 8.35. The molecular formula is C17H21N5O4. The standard InChI is InChI=1S/C17H21N5O4/c1-17(25)13(24)11(7-23)26-16(17)22-9-20-12-14(18-8-19-15(12)22)21-10-5-3-2-4-6-10/h2-6,8-9,11,13-14,16,21,23-25H,7H2,1H3,(H,18,19)/t11-,13-,14?,16-,17-/m1/s1. The highest BCUT2D eigenvalue weighted by molar-refractivity contribution is 5.78. The molecule has 5 atom stereocenters. The third-order valence-corrected chi connectivity index (χ3v) is 4.77. The van der Waals surface area contributed by atoms with Gasteiger partial charge < -0.3 is 30.7 Å². The third kappa shape index (κ3) is 2.65. The maximum atomic E-state index is 10.7. The van der Waals surface area contributed by atoms with Crippen molar-refractivity contribution in [3.05, 3.63) is 42.4 Å². The number of ether oxygens (including phenoxy) is 1. The summed E-state index contributed by atoms with van der Waals surface area (Å²) < 4.78 is 7.28.